The molecule has 0 saturated heterocycles. The van der Waals surface area contributed by atoms with E-state index in [9.17, 15) is 0 Å². The van der Waals surface area contributed by atoms with E-state index in [1.807, 2.05) is 0 Å². The molecule has 82 valence electrons. The van der Waals surface area contributed by atoms with Crippen molar-refractivity contribution in [1.29, 1.82) is 0 Å². The summed E-state index contributed by atoms with van der Waals surface area (Å²) in [5.41, 5.74) is 0.609. The van der Waals surface area contributed by atoms with Crippen molar-refractivity contribution >= 4 is 6.21 Å². The van der Waals surface area contributed by atoms with Crippen LogP contribution in [0.25, 0.3) is 0 Å². The fourth-order valence-electron chi connectivity index (χ4n) is 1.22. The maximum absolute atomic E-state index is 8.47. The summed E-state index contributed by atoms with van der Waals surface area (Å²) in [5.74, 6) is 1.66. The minimum absolute atomic E-state index is 0.547. The molecule has 0 aliphatic carbocycles. The lowest BCUT2D eigenvalue weighted by Crippen LogP contribution is -1.96. The number of rotatable bonds is 4. The quantitative estimate of drug-likeness (QED) is 0.466. The molecule has 0 atom stereocenters. The van der Waals surface area contributed by atoms with Gasteiger partial charge in [-0.25, -0.2) is 0 Å². The van der Waals surface area contributed by atoms with Gasteiger partial charge >= 0.3 is 0 Å². The van der Waals surface area contributed by atoms with E-state index in [0.29, 0.717) is 22.8 Å². The van der Waals surface area contributed by atoms with Crippen LogP contribution in [0.3, 0.4) is 0 Å². The Bertz CT molecular complexity index is 363. The van der Waals surface area contributed by atoms with Gasteiger partial charge in [0.05, 0.1) is 27.5 Å². The molecule has 15 heavy (non-hydrogen) atoms. The first-order valence-electron chi connectivity index (χ1n) is 4.24. The predicted octanol–water partition coefficient (Wildman–Crippen LogP) is 1.52. The van der Waals surface area contributed by atoms with Crippen LogP contribution in [0.1, 0.15) is 5.56 Å². The Kier molecular flexibility index (Phi) is 3.79. The van der Waals surface area contributed by atoms with Crippen LogP contribution in [-0.4, -0.2) is 32.8 Å². The van der Waals surface area contributed by atoms with Crippen molar-refractivity contribution in [3.05, 3.63) is 17.7 Å². The second kappa shape index (κ2) is 5.09. The molecule has 0 amide bonds. The van der Waals surface area contributed by atoms with Gasteiger partial charge < -0.3 is 19.4 Å². The van der Waals surface area contributed by atoms with Gasteiger partial charge in [-0.15, -0.1) is 0 Å². The molecular weight excluding hydrogens is 198 g/mol. The van der Waals surface area contributed by atoms with Crippen molar-refractivity contribution in [2.45, 2.75) is 0 Å². The van der Waals surface area contributed by atoms with Crippen LogP contribution in [0, 0.1) is 0 Å². The van der Waals surface area contributed by atoms with E-state index in [-0.39, 0.29) is 0 Å². The molecule has 0 radical (unpaired) electrons. The number of benzene rings is 1. The normalized spacial score (nSPS) is 10.3. The first-order chi connectivity index (χ1) is 7.26. The lowest BCUT2D eigenvalue weighted by Gasteiger charge is -2.11. The second-order valence-electron chi connectivity index (χ2n) is 2.69. The molecule has 5 heteroatoms. The number of nitrogens with zero attached hydrogens (tertiary/aromatic N) is 1. The maximum atomic E-state index is 8.47. The Morgan fingerprint density at radius 3 is 2.00 bits per heavy atom. The minimum atomic E-state index is 0.547. The van der Waals surface area contributed by atoms with Crippen molar-refractivity contribution in [1.82, 2.24) is 0 Å². The van der Waals surface area contributed by atoms with Crippen LogP contribution in [0.4, 0.5) is 0 Å². The van der Waals surface area contributed by atoms with Crippen molar-refractivity contribution in [3.8, 4) is 17.2 Å². The molecule has 0 fully saturated rings. The fourth-order valence-corrected chi connectivity index (χ4v) is 1.22. The Balaban J connectivity index is 3.27. The molecule has 0 aliphatic rings. The molecule has 1 aromatic rings. The molecule has 0 heterocycles. The summed E-state index contributed by atoms with van der Waals surface area (Å²) in [6.45, 7) is 0. The zero-order valence-corrected chi connectivity index (χ0v) is 8.85. The molecule has 1 rings (SSSR count). The van der Waals surface area contributed by atoms with E-state index in [1.54, 1.807) is 12.1 Å². The first kappa shape index (κ1) is 11.2. The third kappa shape index (κ3) is 2.31. The Hall–Kier alpha value is -1.91. The summed E-state index contributed by atoms with van der Waals surface area (Å²) in [4.78, 5) is 0. The van der Waals surface area contributed by atoms with Crippen molar-refractivity contribution < 1.29 is 19.4 Å². The van der Waals surface area contributed by atoms with Gasteiger partial charge in [-0.2, -0.15) is 0 Å². The van der Waals surface area contributed by atoms with Crippen LogP contribution in [0.5, 0.6) is 17.2 Å². The highest BCUT2D eigenvalue weighted by Gasteiger charge is 2.10. The van der Waals surface area contributed by atoms with Gasteiger partial charge in [-0.1, -0.05) is 5.16 Å². The number of methoxy groups -OCH3 is 3. The zero-order chi connectivity index (χ0) is 11.3. The topological polar surface area (TPSA) is 60.3 Å². The van der Waals surface area contributed by atoms with Gasteiger partial charge in [0.1, 0.15) is 5.75 Å². The summed E-state index contributed by atoms with van der Waals surface area (Å²) < 4.78 is 15.3. The number of oxime groups is 1. The molecule has 0 spiro atoms. The highest BCUT2D eigenvalue weighted by atomic mass is 16.5. The second-order valence-corrected chi connectivity index (χ2v) is 2.69. The van der Waals surface area contributed by atoms with Crippen molar-refractivity contribution in [3.63, 3.8) is 0 Å². The summed E-state index contributed by atoms with van der Waals surface area (Å²) in [7, 11) is 4.59. The van der Waals surface area contributed by atoms with Crippen LogP contribution in [-0.2, 0) is 0 Å². The summed E-state index contributed by atoms with van der Waals surface area (Å²) in [6, 6.07) is 3.33. The molecule has 0 unspecified atom stereocenters. The molecule has 0 aliphatic heterocycles. The van der Waals surface area contributed by atoms with Gasteiger partial charge in [0.15, 0.2) is 11.5 Å². The molecule has 1 aromatic carbocycles. The Morgan fingerprint density at radius 1 is 1.00 bits per heavy atom. The highest BCUT2D eigenvalue weighted by Crippen LogP contribution is 2.33. The SMILES string of the molecule is COc1cc(OC)c(OC)cc1/C=N/O. The zero-order valence-electron chi connectivity index (χ0n) is 8.85. The first-order valence-corrected chi connectivity index (χ1v) is 4.24. The van der Waals surface area contributed by atoms with E-state index in [0.717, 1.165) is 0 Å². The van der Waals surface area contributed by atoms with Gasteiger partial charge in [-0.3, -0.25) is 0 Å². The maximum Gasteiger partial charge on any atom is 0.164 e. The molecule has 5 nitrogen and oxygen atoms in total. The third-order valence-electron chi connectivity index (χ3n) is 1.93. The third-order valence-corrected chi connectivity index (χ3v) is 1.93. The van der Waals surface area contributed by atoms with Crippen molar-refractivity contribution in [2.24, 2.45) is 5.16 Å². The fraction of sp³-hybridized carbons (Fsp3) is 0.300. The summed E-state index contributed by atoms with van der Waals surface area (Å²) in [6.07, 6.45) is 1.26. The highest BCUT2D eigenvalue weighted by molar-refractivity contribution is 5.84. The van der Waals surface area contributed by atoms with E-state index in [1.165, 1.54) is 27.5 Å². The van der Waals surface area contributed by atoms with Gasteiger partial charge in [-0.05, 0) is 6.07 Å². The van der Waals surface area contributed by atoms with Crippen LogP contribution < -0.4 is 14.2 Å². The summed E-state index contributed by atoms with van der Waals surface area (Å²) in [5, 5.41) is 11.4. The lowest BCUT2D eigenvalue weighted by molar-refractivity contribution is 0.321. The largest absolute Gasteiger partial charge is 0.496 e. The summed E-state index contributed by atoms with van der Waals surface area (Å²) >= 11 is 0. The van der Waals surface area contributed by atoms with Gasteiger partial charge in [0, 0.05) is 11.6 Å². The van der Waals surface area contributed by atoms with Crippen LogP contribution >= 0.6 is 0 Å². The average molecular weight is 211 g/mol. The van der Waals surface area contributed by atoms with Crippen LogP contribution in [0.15, 0.2) is 17.3 Å². The molecular formula is C10H13NO4. The number of hydrogen-bond donors (Lipinski definition) is 1. The van der Waals surface area contributed by atoms with Gasteiger partial charge in [0.25, 0.3) is 0 Å². The molecule has 1 N–H and O–H groups in total. The standard InChI is InChI=1S/C10H13NO4/c1-13-8-5-10(15-3)9(14-2)4-7(8)6-11-12/h4-6,12H,1-3H3/b11-6+. The molecule has 0 aromatic heterocycles. The lowest BCUT2D eigenvalue weighted by atomic mass is 10.2. The number of hydrogen-bond acceptors (Lipinski definition) is 5. The number of ether oxygens (including phenoxy) is 3. The van der Waals surface area contributed by atoms with Crippen molar-refractivity contribution in [2.75, 3.05) is 21.3 Å². The predicted molar refractivity (Wildman–Crippen MR) is 55.5 cm³/mol. The molecule has 0 bridgehead atoms. The monoisotopic (exact) mass is 211 g/mol. The average Bonchev–Trinajstić information content (AvgIpc) is 2.28. The minimum Gasteiger partial charge on any atom is -0.496 e. The van der Waals surface area contributed by atoms with E-state index < -0.39 is 0 Å². The van der Waals surface area contributed by atoms with E-state index >= 15 is 0 Å². The van der Waals surface area contributed by atoms with Crippen LogP contribution in [0.2, 0.25) is 0 Å². The van der Waals surface area contributed by atoms with E-state index in [4.69, 9.17) is 19.4 Å². The van der Waals surface area contributed by atoms with E-state index in [2.05, 4.69) is 5.16 Å². The van der Waals surface area contributed by atoms with Gasteiger partial charge in [0.2, 0.25) is 0 Å². The molecule has 0 saturated carbocycles. The smallest absolute Gasteiger partial charge is 0.164 e. The Labute approximate surface area is 87.9 Å². The Morgan fingerprint density at radius 2 is 1.53 bits per heavy atom.